The zero-order chi connectivity index (χ0) is 12.3. The number of halogens is 2. The number of rotatable bonds is 3. The maximum atomic E-state index is 6.18. The van der Waals surface area contributed by atoms with Gasteiger partial charge in [-0.1, -0.05) is 28.1 Å². The number of aromatic nitrogens is 1. The Morgan fingerprint density at radius 3 is 2.65 bits per heavy atom. The fourth-order valence-electron chi connectivity index (χ4n) is 1.68. The Morgan fingerprint density at radius 1 is 1.12 bits per heavy atom. The van der Waals surface area contributed by atoms with Gasteiger partial charge in [0.15, 0.2) is 0 Å². The Bertz CT molecular complexity index is 514. The van der Waals surface area contributed by atoms with Crippen LogP contribution in [0, 0.1) is 0 Å². The molecule has 0 aliphatic carbocycles. The van der Waals surface area contributed by atoms with Crippen molar-refractivity contribution in [3.05, 3.63) is 62.8 Å². The summed E-state index contributed by atoms with van der Waals surface area (Å²) in [5.41, 5.74) is 8.44. The van der Waals surface area contributed by atoms with Crippen LogP contribution < -0.4 is 5.73 Å². The minimum Gasteiger partial charge on any atom is -0.324 e. The lowest BCUT2D eigenvalue weighted by Crippen LogP contribution is -2.13. The van der Waals surface area contributed by atoms with Gasteiger partial charge in [0.2, 0.25) is 0 Å². The van der Waals surface area contributed by atoms with Gasteiger partial charge in [-0.15, -0.1) is 0 Å². The van der Waals surface area contributed by atoms with Crippen LogP contribution in [-0.4, -0.2) is 4.98 Å². The summed E-state index contributed by atoms with van der Waals surface area (Å²) in [6.45, 7) is 0. The predicted molar refractivity (Wildman–Crippen MR) is 76.7 cm³/mol. The minimum absolute atomic E-state index is 0.0106. The van der Waals surface area contributed by atoms with E-state index in [0.717, 1.165) is 26.5 Å². The smallest absolute Gasteiger partial charge is 0.0410 e. The molecule has 1 aromatic carbocycles. The van der Waals surface area contributed by atoms with Gasteiger partial charge in [-0.2, -0.15) is 0 Å². The molecule has 2 rings (SSSR count). The second-order valence-corrected chi connectivity index (χ2v) is 5.71. The SMILES string of the molecule is NC(Cc1cncc(Br)c1)c1cccc(Br)c1. The molecule has 0 aliphatic heterocycles. The lowest BCUT2D eigenvalue weighted by atomic mass is 10.0. The molecule has 0 saturated heterocycles. The molecule has 0 saturated carbocycles. The summed E-state index contributed by atoms with van der Waals surface area (Å²) in [5, 5.41) is 0. The summed E-state index contributed by atoms with van der Waals surface area (Å²) in [7, 11) is 0. The Balaban J connectivity index is 2.14. The monoisotopic (exact) mass is 354 g/mol. The van der Waals surface area contributed by atoms with Gasteiger partial charge in [0, 0.05) is 27.4 Å². The van der Waals surface area contributed by atoms with Crippen molar-refractivity contribution in [2.45, 2.75) is 12.5 Å². The zero-order valence-electron chi connectivity index (χ0n) is 9.11. The molecule has 0 radical (unpaired) electrons. The third kappa shape index (κ3) is 3.63. The largest absolute Gasteiger partial charge is 0.324 e. The van der Waals surface area contributed by atoms with Gasteiger partial charge < -0.3 is 5.73 Å². The van der Waals surface area contributed by atoms with E-state index in [9.17, 15) is 0 Å². The summed E-state index contributed by atoms with van der Waals surface area (Å²) in [6.07, 6.45) is 4.40. The van der Waals surface area contributed by atoms with Crippen molar-refractivity contribution in [3.8, 4) is 0 Å². The third-order valence-corrected chi connectivity index (χ3v) is 3.42. The van der Waals surface area contributed by atoms with E-state index in [4.69, 9.17) is 5.73 Å². The number of nitrogens with zero attached hydrogens (tertiary/aromatic N) is 1. The fraction of sp³-hybridized carbons (Fsp3) is 0.154. The summed E-state index contributed by atoms with van der Waals surface area (Å²) in [6, 6.07) is 10.1. The highest BCUT2D eigenvalue weighted by atomic mass is 79.9. The quantitative estimate of drug-likeness (QED) is 0.908. The van der Waals surface area contributed by atoms with Crippen LogP contribution in [0.15, 0.2) is 51.7 Å². The van der Waals surface area contributed by atoms with Crippen molar-refractivity contribution in [2.24, 2.45) is 5.73 Å². The summed E-state index contributed by atoms with van der Waals surface area (Å²) in [4.78, 5) is 4.14. The van der Waals surface area contributed by atoms with E-state index in [1.54, 1.807) is 6.20 Å². The Labute approximate surface area is 118 Å². The second-order valence-electron chi connectivity index (χ2n) is 3.88. The first-order chi connectivity index (χ1) is 8.15. The second kappa shape index (κ2) is 5.76. The van der Waals surface area contributed by atoms with Crippen molar-refractivity contribution in [3.63, 3.8) is 0 Å². The third-order valence-electron chi connectivity index (χ3n) is 2.49. The molecule has 1 heterocycles. The number of hydrogen-bond donors (Lipinski definition) is 1. The summed E-state index contributed by atoms with van der Waals surface area (Å²) >= 11 is 6.86. The molecule has 0 bridgehead atoms. The lowest BCUT2D eigenvalue weighted by molar-refractivity contribution is 0.719. The van der Waals surface area contributed by atoms with Crippen molar-refractivity contribution in [1.29, 1.82) is 0 Å². The van der Waals surface area contributed by atoms with Crippen LogP contribution in [0.4, 0.5) is 0 Å². The van der Waals surface area contributed by atoms with Gasteiger partial charge in [-0.3, -0.25) is 4.98 Å². The Morgan fingerprint density at radius 2 is 1.94 bits per heavy atom. The van der Waals surface area contributed by atoms with Crippen molar-refractivity contribution < 1.29 is 0 Å². The molecular formula is C13H12Br2N2. The summed E-state index contributed by atoms with van der Waals surface area (Å²) in [5.74, 6) is 0. The van der Waals surface area contributed by atoms with Crippen LogP contribution in [0.1, 0.15) is 17.2 Å². The molecular weight excluding hydrogens is 344 g/mol. The highest BCUT2D eigenvalue weighted by Crippen LogP contribution is 2.20. The first-order valence-corrected chi connectivity index (χ1v) is 6.84. The van der Waals surface area contributed by atoms with Gasteiger partial charge in [0.25, 0.3) is 0 Å². The van der Waals surface area contributed by atoms with Gasteiger partial charge >= 0.3 is 0 Å². The maximum absolute atomic E-state index is 6.18. The van der Waals surface area contributed by atoms with E-state index in [1.165, 1.54) is 0 Å². The average Bonchev–Trinajstić information content (AvgIpc) is 2.29. The lowest BCUT2D eigenvalue weighted by Gasteiger charge is -2.12. The molecule has 1 aromatic heterocycles. The van der Waals surface area contributed by atoms with Gasteiger partial charge in [-0.05, 0) is 51.7 Å². The zero-order valence-corrected chi connectivity index (χ0v) is 12.3. The van der Waals surface area contributed by atoms with Crippen LogP contribution >= 0.6 is 31.9 Å². The topological polar surface area (TPSA) is 38.9 Å². The first-order valence-electron chi connectivity index (χ1n) is 5.25. The van der Waals surface area contributed by atoms with Gasteiger partial charge in [0.1, 0.15) is 0 Å². The Hall–Kier alpha value is -0.710. The van der Waals surface area contributed by atoms with E-state index >= 15 is 0 Å². The summed E-state index contributed by atoms with van der Waals surface area (Å²) < 4.78 is 2.04. The minimum atomic E-state index is -0.0106. The van der Waals surface area contributed by atoms with Crippen molar-refractivity contribution in [1.82, 2.24) is 4.98 Å². The molecule has 2 N–H and O–H groups in total. The standard InChI is InChI=1S/C13H12Br2N2/c14-11-3-1-2-10(6-11)13(16)5-9-4-12(15)8-17-7-9/h1-4,6-8,13H,5,16H2. The van der Waals surface area contributed by atoms with Crippen molar-refractivity contribution >= 4 is 31.9 Å². The number of pyridine rings is 1. The fourth-order valence-corrected chi connectivity index (χ4v) is 2.51. The van der Waals surface area contributed by atoms with Gasteiger partial charge in [0.05, 0.1) is 0 Å². The molecule has 17 heavy (non-hydrogen) atoms. The molecule has 0 aliphatic rings. The van der Waals surface area contributed by atoms with Crippen LogP contribution in [0.5, 0.6) is 0 Å². The van der Waals surface area contributed by atoms with Crippen LogP contribution in [-0.2, 0) is 6.42 Å². The first kappa shape index (κ1) is 12.7. The highest BCUT2D eigenvalue weighted by Gasteiger charge is 2.07. The van der Waals surface area contributed by atoms with Gasteiger partial charge in [-0.25, -0.2) is 0 Å². The molecule has 2 aromatic rings. The number of nitrogens with two attached hydrogens (primary N) is 1. The number of hydrogen-bond acceptors (Lipinski definition) is 2. The Kier molecular flexibility index (Phi) is 4.31. The van der Waals surface area contributed by atoms with Crippen LogP contribution in [0.25, 0.3) is 0 Å². The molecule has 0 amide bonds. The van der Waals surface area contributed by atoms with Crippen LogP contribution in [0.2, 0.25) is 0 Å². The van der Waals surface area contributed by atoms with E-state index < -0.39 is 0 Å². The molecule has 88 valence electrons. The van der Waals surface area contributed by atoms with E-state index in [2.05, 4.69) is 42.9 Å². The van der Waals surface area contributed by atoms with E-state index in [0.29, 0.717) is 0 Å². The number of benzene rings is 1. The molecule has 1 unspecified atom stereocenters. The molecule has 4 heteroatoms. The normalized spacial score (nSPS) is 12.4. The average molecular weight is 356 g/mol. The molecule has 0 spiro atoms. The molecule has 0 fully saturated rings. The van der Waals surface area contributed by atoms with Crippen molar-refractivity contribution in [2.75, 3.05) is 0 Å². The predicted octanol–water partition coefficient (Wildman–Crippen LogP) is 3.85. The van der Waals surface area contributed by atoms with E-state index in [-0.39, 0.29) is 6.04 Å². The molecule has 1 atom stereocenters. The molecule has 2 nitrogen and oxygen atoms in total. The van der Waals surface area contributed by atoms with E-state index in [1.807, 2.05) is 30.5 Å². The van der Waals surface area contributed by atoms with Crippen LogP contribution in [0.3, 0.4) is 0 Å². The maximum Gasteiger partial charge on any atom is 0.0410 e. The highest BCUT2D eigenvalue weighted by molar-refractivity contribution is 9.10.